The molecule has 2 aromatic carbocycles. The van der Waals surface area contributed by atoms with Crippen LogP contribution >= 0.6 is 0 Å². The summed E-state index contributed by atoms with van der Waals surface area (Å²) in [6, 6.07) is 16.2. The maximum atomic E-state index is 10.0. The van der Waals surface area contributed by atoms with Crippen molar-refractivity contribution in [3.63, 3.8) is 0 Å². The zero-order valence-corrected chi connectivity index (χ0v) is 12.3. The number of phenols is 1. The van der Waals surface area contributed by atoms with E-state index in [2.05, 4.69) is 49.1 Å². The first-order valence-corrected chi connectivity index (χ1v) is 7.29. The second-order valence-corrected chi connectivity index (χ2v) is 5.24. The number of hydrogen-bond donors (Lipinski definition) is 1. The van der Waals surface area contributed by atoms with Gasteiger partial charge in [-0.2, -0.15) is 0 Å². The number of phenolic OH excluding ortho intramolecular Hbond substituents is 1. The fourth-order valence-corrected chi connectivity index (χ4v) is 2.33. The molecule has 2 rings (SSSR count). The Labute approximate surface area is 121 Å². The highest BCUT2D eigenvalue weighted by atomic mass is 16.3. The lowest BCUT2D eigenvalue weighted by molar-refractivity contribution is 0.466. The van der Waals surface area contributed by atoms with E-state index < -0.39 is 0 Å². The Kier molecular flexibility index (Phi) is 5.05. The Balaban J connectivity index is 2.21. The van der Waals surface area contributed by atoms with Crippen LogP contribution in [-0.2, 0) is 6.54 Å². The zero-order chi connectivity index (χ0) is 14.4. The molecule has 0 atom stereocenters. The van der Waals surface area contributed by atoms with E-state index in [9.17, 15) is 5.11 Å². The first-order chi connectivity index (χ1) is 9.70. The van der Waals surface area contributed by atoms with Gasteiger partial charge in [0.1, 0.15) is 5.75 Å². The zero-order valence-electron chi connectivity index (χ0n) is 12.3. The Hall–Kier alpha value is -1.96. The van der Waals surface area contributed by atoms with E-state index in [1.807, 2.05) is 12.1 Å². The third kappa shape index (κ3) is 3.77. The Morgan fingerprint density at radius 3 is 2.50 bits per heavy atom. The minimum absolute atomic E-state index is 0.382. The molecule has 0 radical (unpaired) electrons. The highest BCUT2D eigenvalue weighted by Crippen LogP contribution is 2.23. The number of aromatic hydroxyl groups is 1. The summed E-state index contributed by atoms with van der Waals surface area (Å²) in [6.45, 7) is 6.01. The lowest BCUT2D eigenvalue weighted by Gasteiger charge is -2.25. The van der Waals surface area contributed by atoms with Crippen LogP contribution in [0, 0.1) is 6.92 Å². The first-order valence-electron chi connectivity index (χ1n) is 7.29. The summed E-state index contributed by atoms with van der Waals surface area (Å²) in [7, 11) is 0. The maximum Gasteiger partial charge on any atom is 0.120 e. The molecule has 106 valence electrons. The van der Waals surface area contributed by atoms with Gasteiger partial charge in [0.05, 0.1) is 0 Å². The van der Waals surface area contributed by atoms with Gasteiger partial charge >= 0.3 is 0 Å². The van der Waals surface area contributed by atoms with E-state index >= 15 is 0 Å². The molecule has 2 nitrogen and oxygen atoms in total. The van der Waals surface area contributed by atoms with Gasteiger partial charge in [-0.15, -0.1) is 0 Å². The number of unbranched alkanes of at least 4 members (excludes halogenated alkanes) is 1. The molecule has 0 bridgehead atoms. The van der Waals surface area contributed by atoms with Crippen molar-refractivity contribution in [1.29, 1.82) is 0 Å². The van der Waals surface area contributed by atoms with E-state index in [-0.39, 0.29) is 0 Å². The first kappa shape index (κ1) is 14.4. The van der Waals surface area contributed by atoms with Gasteiger partial charge in [0.25, 0.3) is 0 Å². The fraction of sp³-hybridized carbons (Fsp3) is 0.333. The molecule has 0 fully saturated rings. The molecule has 0 unspecified atom stereocenters. The van der Waals surface area contributed by atoms with Crippen LogP contribution in [0.4, 0.5) is 5.69 Å². The van der Waals surface area contributed by atoms with Crippen LogP contribution in [0.3, 0.4) is 0 Å². The average molecular weight is 269 g/mol. The largest absolute Gasteiger partial charge is 0.508 e. The van der Waals surface area contributed by atoms with E-state index in [0.717, 1.165) is 25.1 Å². The Bertz CT molecular complexity index is 536. The molecule has 0 aliphatic carbocycles. The smallest absolute Gasteiger partial charge is 0.120 e. The Morgan fingerprint density at radius 1 is 1.05 bits per heavy atom. The number of benzene rings is 2. The van der Waals surface area contributed by atoms with Gasteiger partial charge in [0, 0.05) is 24.3 Å². The monoisotopic (exact) mass is 269 g/mol. The van der Waals surface area contributed by atoms with Gasteiger partial charge in [0.2, 0.25) is 0 Å². The minimum atomic E-state index is 0.382. The molecule has 0 amide bonds. The van der Waals surface area contributed by atoms with Crippen molar-refractivity contribution < 1.29 is 5.11 Å². The van der Waals surface area contributed by atoms with Crippen molar-refractivity contribution >= 4 is 5.69 Å². The molecule has 0 spiro atoms. The molecular weight excluding hydrogens is 246 g/mol. The van der Waals surface area contributed by atoms with Gasteiger partial charge in [-0.1, -0.05) is 49.2 Å². The third-order valence-corrected chi connectivity index (χ3v) is 3.50. The molecule has 2 heteroatoms. The molecule has 0 aliphatic rings. The normalized spacial score (nSPS) is 10.5. The SMILES string of the molecule is CCCCN(Cc1cc(C)ccc1O)c1ccccc1. The molecule has 0 heterocycles. The standard InChI is InChI=1S/C18H23NO/c1-3-4-12-19(17-8-6-5-7-9-17)14-16-13-15(2)10-11-18(16)20/h5-11,13,20H,3-4,12,14H2,1-2H3. The van der Waals surface area contributed by atoms with Gasteiger partial charge in [-0.25, -0.2) is 0 Å². The molecule has 0 saturated heterocycles. The topological polar surface area (TPSA) is 23.5 Å². The van der Waals surface area contributed by atoms with Crippen molar-refractivity contribution in [2.75, 3.05) is 11.4 Å². The summed E-state index contributed by atoms with van der Waals surface area (Å²) in [5.74, 6) is 0.382. The van der Waals surface area contributed by atoms with Gasteiger partial charge < -0.3 is 10.0 Å². The molecule has 20 heavy (non-hydrogen) atoms. The average Bonchev–Trinajstić information content (AvgIpc) is 2.48. The predicted molar refractivity (Wildman–Crippen MR) is 85.2 cm³/mol. The predicted octanol–water partition coefficient (Wildman–Crippen LogP) is 4.51. The van der Waals surface area contributed by atoms with Crippen molar-refractivity contribution in [1.82, 2.24) is 0 Å². The lowest BCUT2D eigenvalue weighted by Crippen LogP contribution is -2.23. The van der Waals surface area contributed by atoms with Crippen molar-refractivity contribution in [2.45, 2.75) is 33.2 Å². The lowest BCUT2D eigenvalue weighted by atomic mass is 10.1. The third-order valence-electron chi connectivity index (χ3n) is 3.50. The van der Waals surface area contributed by atoms with E-state index in [0.29, 0.717) is 5.75 Å². The summed E-state index contributed by atoms with van der Waals surface area (Å²) in [5, 5.41) is 10.0. The number of nitrogens with zero attached hydrogens (tertiary/aromatic N) is 1. The van der Waals surface area contributed by atoms with Crippen LogP contribution in [0.1, 0.15) is 30.9 Å². The number of para-hydroxylation sites is 1. The van der Waals surface area contributed by atoms with Crippen molar-refractivity contribution in [3.8, 4) is 5.75 Å². The summed E-state index contributed by atoms with van der Waals surface area (Å²) < 4.78 is 0. The van der Waals surface area contributed by atoms with Crippen LogP contribution < -0.4 is 4.90 Å². The summed E-state index contributed by atoms with van der Waals surface area (Å²) >= 11 is 0. The minimum Gasteiger partial charge on any atom is -0.508 e. The van der Waals surface area contributed by atoms with Crippen LogP contribution in [0.5, 0.6) is 5.75 Å². The summed E-state index contributed by atoms with van der Waals surface area (Å²) in [5.41, 5.74) is 3.38. The highest BCUT2D eigenvalue weighted by Gasteiger charge is 2.09. The number of anilines is 1. The number of rotatable bonds is 6. The molecule has 0 saturated carbocycles. The fourth-order valence-electron chi connectivity index (χ4n) is 2.33. The van der Waals surface area contributed by atoms with Crippen LogP contribution in [0.25, 0.3) is 0 Å². The second kappa shape index (κ2) is 6.99. The van der Waals surface area contributed by atoms with Crippen LogP contribution in [0.15, 0.2) is 48.5 Å². The van der Waals surface area contributed by atoms with Crippen molar-refractivity contribution in [3.05, 3.63) is 59.7 Å². The van der Waals surface area contributed by atoms with Crippen LogP contribution in [0.2, 0.25) is 0 Å². The second-order valence-electron chi connectivity index (χ2n) is 5.24. The summed E-state index contributed by atoms with van der Waals surface area (Å²) in [4.78, 5) is 2.33. The number of aryl methyl sites for hydroxylation is 1. The maximum absolute atomic E-state index is 10.0. The van der Waals surface area contributed by atoms with Crippen molar-refractivity contribution in [2.24, 2.45) is 0 Å². The van der Waals surface area contributed by atoms with Gasteiger partial charge in [0.15, 0.2) is 0 Å². The molecule has 0 aromatic heterocycles. The quantitative estimate of drug-likeness (QED) is 0.834. The van der Waals surface area contributed by atoms with E-state index in [1.54, 1.807) is 6.07 Å². The van der Waals surface area contributed by atoms with E-state index in [4.69, 9.17) is 0 Å². The molecule has 2 aromatic rings. The van der Waals surface area contributed by atoms with E-state index in [1.165, 1.54) is 17.7 Å². The highest BCUT2D eigenvalue weighted by molar-refractivity contribution is 5.48. The molecular formula is C18H23NO. The van der Waals surface area contributed by atoms with Crippen LogP contribution in [-0.4, -0.2) is 11.7 Å². The molecule has 1 N–H and O–H groups in total. The molecule has 0 aliphatic heterocycles. The number of hydrogen-bond acceptors (Lipinski definition) is 2. The summed E-state index contributed by atoms with van der Waals surface area (Å²) in [6.07, 6.45) is 2.32. The Morgan fingerprint density at radius 2 is 1.80 bits per heavy atom. The van der Waals surface area contributed by atoms with Gasteiger partial charge in [-0.3, -0.25) is 0 Å². The van der Waals surface area contributed by atoms with Gasteiger partial charge in [-0.05, 0) is 31.5 Å².